The summed E-state index contributed by atoms with van der Waals surface area (Å²) < 4.78 is 27.6. The van der Waals surface area contributed by atoms with Crippen molar-refractivity contribution in [1.82, 2.24) is 14.9 Å². The topological polar surface area (TPSA) is 61.0 Å². The Morgan fingerprint density at radius 3 is 2.57 bits per heavy atom. The van der Waals surface area contributed by atoms with E-state index >= 15 is 0 Å². The number of aromatic amines is 1. The molecule has 5 nitrogen and oxygen atoms in total. The Kier molecular flexibility index (Phi) is 4.52. The van der Waals surface area contributed by atoms with E-state index in [1.165, 1.54) is 4.90 Å². The van der Waals surface area contributed by atoms with E-state index in [0.717, 1.165) is 12.1 Å². The number of H-pyrrole nitrogens is 1. The van der Waals surface area contributed by atoms with Gasteiger partial charge >= 0.3 is 0 Å². The van der Waals surface area contributed by atoms with E-state index in [0.29, 0.717) is 12.4 Å². The Hall–Kier alpha value is -2.44. The third-order valence-corrected chi connectivity index (χ3v) is 2.93. The fourth-order valence-corrected chi connectivity index (χ4v) is 1.94. The minimum Gasteiger partial charge on any atom is -0.381 e. The summed E-state index contributed by atoms with van der Waals surface area (Å²) in [7, 11) is 1.54. The van der Waals surface area contributed by atoms with Crippen LogP contribution in [-0.4, -0.2) is 34.4 Å². The molecular weight excluding hydrogens is 278 g/mol. The molecule has 0 aliphatic heterocycles. The van der Waals surface area contributed by atoms with Crippen LogP contribution in [0.3, 0.4) is 0 Å². The average molecular weight is 294 g/mol. The van der Waals surface area contributed by atoms with Crippen molar-refractivity contribution in [3.05, 3.63) is 47.5 Å². The van der Waals surface area contributed by atoms with Crippen molar-refractivity contribution >= 4 is 11.6 Å². The zero-order chi connectivity index (χ0) is 15.4. The van der Waals surface area contributed by atoms with Gasteiger partial charge in [-0.3, -0.25) is 4.79 Å². The van der Waals surface area contributed by atoms with Crippen LogP contribution in [0.5, 0.6) is 0 Å². The van der Waals surface area contributed by atoms with E-state index in [1.54, 1.807) is 26.4 Å². The fraction of sp³-hybridized carbons (Fsp3) is 0.286. The Bertz CT molecular complexity index is 605. The third-order valence-electron chi connectivity index (χ3n) is 2.93. The second-order valence-corrected chi connectivity index (χ2v) is 4.54. The predicted octanol–water partition coefficient (Wildman–Crippen LogP) is 2.39. The van der Waals surface area contributed by atoms with Crippen LogP contribution in [0.25, 0.3) is 0 Å². The van der Waals surface area contributed by atoms with Gasteiger partial charge in [0.05, 0.1) is 6.54 Å². The summed E-state index contributed by atoms with van der Waals surface area (Å²) in [6.45, 7) is 2.35. The van der Waals surface area contributed by atoms with Gasteiger partial charge in [-0.2, -0.15) is 0 Å². The van der Waals surface area contributed by atoms with E-state index in [-0.39, 0.29) is 17.8 Å². The summed E-state index contributed by atoms with van der Waals surface area (Å²) >= 11 is 0. The number of hydrogen-bond donors (Lipinski definition) is 2. The highest BCUT2D eigenvalue weighted by atomic mass is 19.1. The molecule has 0 aliphatic rings. The molecule has 2 aromatic rings. The van der Waals surface area contributed by atoms with Crippen molar-refractivity contribution in [2.24, 2.45) is 0 Å². The van der Waals surface area contributed by atoms with Crippen LogP contribution in [-0.2, 0) is 6.54 Å². The molecule has 0 radical (unpaired) electrons. The molecule has 0 bridgehead atoms. The van der Waals surface area contributed by atoms with Gasteiger partial charge in [0, 0.05) is 31.5 Å². The van der Waals surface area contributed by atoms with E-state index in [1.807, 2.05) is 0 Å². The number of rotatable bonds is 5. The number of amides is 1. The Balaban J connectivity index is 2.19. The highest BCUT2D eigenvalue weighted by Gasteiger charge is 2.18. The van der Waals surface area contributed by atoms with Gasteiger partial charge in [0.1, 0.15) is 23.1 Å². The molecule has 21 heavy (non-hydrogen) atoms. The number of anilines is 1. The number of aromatic nitrogens is 2. The first-order valence-electron chi connectivity index (χ1n) is 6.49. The van der Waals surface area contributed by atoms with Crippen LogP contribution < -0.4 is 5.32 Å². The summed E-state index contributed by atoms with van der Waals surface area (Å²) in [5, 5.41) is 2.59. The number of nitrogens with one attached hydrogen (secondary N) is 2. The minimum atomic E-state index is -0.786. The van der Waals surface area contributed by atoms with Crippen LogP contribution in [0.15, 0.2) is 24.5 Å². The summed E-state index contributed by atoms with van der Waals surface area (Å²) in [4.78, 5) is 20.4. The maximum atomic E-state index is 13.8. The van der Waals surface area contributed by atoms with E-state index in [9.17, 15) is 13.6 Å². The maximum absolute atomic E-state index is 13.8. The van der Waals surface area contributed by atoms with Crippen LogP contribution in [0.2, 0.25) is 0 Å². The van der Waals surface area contributed by atoms with Crippen LogP contribution in [0.1, 0.15) is 23.1 Å². The molecule has 112 valence electrons. The quantitative estimate of drug-likeness (QED) is 0.890. The fourth-order valence-electron chi connectivity index (χ4n) is 1.94. The standard InChI is InChI=1S/C14H16F2N4O/c1-3-17-13-10(15)6-9(7-11(13)16)14(21)20(2)8-12-18-4-5-19-12/h4-7,17H,3,8H2,1-2H3,(H,18,19). The number of carbonyl (C=O) groups excluding carboxylic acids is 1. The molecule has 0 fully saturated rings. The van der Waals surface area contributed by atoms with E-state index in [4.69, 9.17) is 0 Å². The van der Waals surface area contributed by atoms with Gasteiger partial charge in [-0.1, -0.05) is 0 Å². The van der Waals surface area contributed by atoms with Gasteiger partial charge < -0.3 is 15.2 Å². The predicted molar refractivity (Wildman–Crippen MR) is 74.9 cm³/mol. The van der Waals surface area contributed by atoms with E-state index < -0.39 is 17.5 Å². The van der Waals surface area contributed by atoms with Gasteiger partial charge in [-0.05, 0) is 19.1 Å². The van der Waals surface area contributed by atoms with Crippen molar-refractivity contribution in [1.29, 1.82) is 0 Å². The summed E-state index contributed by atoms with van der Waals surface area (Å²) in [5.74, 6) is -1.46. The monoisotopic (exact) mass is 294 g/mol. The second kappa shape index (κ2) is 6.34. The first kappa shape index (κ1) is 15.0. The van der Waals surface area contributed by atoms with Crippen molar-refractivity contribution in [2.45, 2.75) is 13.5 Å². The second-order valence-electron chi connectivity index (χ2n) is 4.54. The Labute approximate surface area is 121 Å². The molecule has 0 saturated heterocycles. The lowest BCUT2D eigenvalue weighted by atomic mass is 10.1. The number of halogens is 2. The SMILES string of the molecule is CCNc1c(F)cc(C(=O)N(C)Cc2ncc[nH]2)cc1F. The van der Waals surface area contributed by atoms with Crippen molar-refractivity contribution in [3.63, 3.8) is 0 Å². The Morgan fingerprint density at radius 1 is 1.38 bits per heavy atom. The molecule has 1 heterocycles. The van der Waals surface area contributed by atoms with Gasteiger partial charge in [0.25, 0.3) is 5.91 Å². The van der Waals surface area contributed by atoms with Gasteiger partial charge in [0.15, 0.2) is 0 Å². The normalized spacial score (nSPS) is 10.5. The van der Waals surface area contributed by atoms with Gasteiger partial charge in [-0.15, -0.1) is 0 Å². The molecule has 0 spiro atoms. The number of hydrogen-bond acceptors (Lipinski definition) is 3. The minimum absolute atomic E-state index is 0.0410. The molecule has 1 aromatic heterocycles. The molecule has 0 unspecified atom stereocenters. The zero-order valence-electron chi connectivity index (χ0n) is 11.8. The molecule has 0 aliphatic carbocycles. The van der Waals surface area contributed by atoms with Gasteiger partial charge in [-0.25, -0.2) is 13.8 Å². The van der Waals surface area contributed by atoms with Crippen LogP contribution in [0, 0.1) is 11.6 Å². The molecule has 1 amide bonds. The van der Waals surface area contributed by atoms with Crippen LogP contribution in [0.4, 0.5) is 14.5 Å². The van der Waals surface area contributed by atoms with Crippen molar-refractivity contribution in [2.75, 3.05) is 18.9 Å². The molecule has 1 aromatic carbocycles. The number of imidazole rings is 1. The molecule has 7 heteroatoms. The summed E-state index contributed by atoms with van der Waals surface area (Å²) in [6, 6.07) is 2.06. The lowest BCUT2D eigenvalue weighted by molar-refractivity contribution is 0.0781. The zero-order valence-corrected chi connectivity index (χ0v) is 11.8. The number of benzene rings is 1. The van der Waals surface area contributed by atoms with E-state index in [2.05, 4.69) is 15.3 Å². The molecular formula is C14H16F2N4O. The van der Waals surface area contributed by atoms with Crippen LogP contribution >= 0.6 is 0 Å². The largest absolute Gasteiger partial charge is 0.381 e. The lowest BCUT2D eigenvalue weighted by Crippen LogP contribution is -2.27. The number of carbonyl (C=O) groups is 1. The molecule has 0 atom stereocenters. The third kappa shape index (κ3) is 3.36. The summed E-state index contributed by atoms with van der Waals surface area (Å²) in [5.41, 5.74) is -0.261. The first-order chi connectivity index (χ1) is 10.0. The molecule has 0 saturated carbocycles. The van der Waals surface area contributed by atoms with Crippen molar-refractivity contribution in [3.8, 4) is 0 Å². The number of nitrogens with zero attached hydrogens (tertiary/aromatic N) is 2. The first-order valence-corrected chi connectivity index (χ1v) is 6.49. The van der Waals surface area contributed by atoms with Crippen molar-refractivity contribution < 1.29 is 13.6 Å². The highest BCUT2D eigenvalue weighted by molar-refractivity contribution is 5.94. The maximum Gasteiger partial charge on any atom is 0.254 e. The van der Waals surface area contributed by atoms with Gasteiger partial charge in [0.2, 0.25) is 0 Å². The molecule has 2 rings (SSSR count). The molecule has 2 N–H and O–H groups in total. The average Bonchev–Trinajstić information content (AvgIpc) is 2.94. The smallest absolute Gasteiger partial charge is 0.254 e. The summed E-state index contributed by atoms with van der Waals surface area (Å²) in [6.07, 6.45) is 3.20. The Morgan fingerprint density at radius 2 is 2.05 bits per heavy atom. The lowest BCUT2D eigenvalue weighted by Gasteiger charge is -2.16. The highest BCUT2D eigenvalue weighted by Crippen LogP contribution is 2.21.